The summed E-state index contributed by atoms with van der Waals surface area (Å²) in [6.07, 6.45) is 0. The normalized spacial score (nSPS) is 14.1. The van der Waals surface area contributed by atoms with Crippen molar-refractivity contribution in [2.24, 2.45) is 5.73 Å². The molecular formula is C16H26Cl2N4O3. The molecule has 0 aliphatic carbocycles. The van der Waals surface area contributed by atoms with Gasteiger partial charge in [0.25, 0.3) is 5.91 Å². The number of hydrogen-bond acceptors (Lipinski definition) is 5. The number of methoxy groups -OCH3 is 1. The van der Waals surface area contributed by atoms with E-state index in [4.69, 9.17) is 10.5 Å². The summed E-state index contributed by atoms with van der Waals surface area (Å²) < 4.78 is 5.07. The molecule has 0 radical (unpaired) electrons. The van der Waals surface area contributed by atoms with Gasteiger partial charge in [0, 0.05) is 44.8 Å². The van der Waals surface area contributed by atoms with Crippen molar-refractivity contribution < 1.29 is 14.3 Å². The van der Waals surface area contributed by atoms with E-state index in [9.17, 15) is 9.59 Å². The third kappa shape index (κ3) is 7.07. The van der Waals surface area contributed by atoms with Gasteiger partial charge in [0.15, 0.2) is 0 Å². The van der Waals surface area contributed by atoms with Crippen LogP contribution in [-0.4, -0.2) is 74.5 Å². The van der Waals surface area contributed by atoms with Crippen molar-refractivity contribution in [3.8, 4) is 5.75 Å². The molecular weight excluding hydrogens is 367 g/mol. The highest BCUT2D eigenvalue weighted by Gasteiger charge is 2.19. The molecule has 0 saturated carbocycles. The lowest BCUT2D eigenvalue weighted by Crippen LogP contribution is -2.51. The highest BCUT2D eigenvalue weighted by molar-refractivity contribution is 5.94. The van der Waals surface area contributed by atoms with Gasteiger partial charge in [-0.2, -0.15) is 0 Å². The molecule has 0 bridgehead atoms. The Balaban J connectivity index is 0.00000288. The van der Waals surface area contributed by atoms with Gasteiger partial charge in [0.05, 0.1) is 13.7 Å². The second-order valence-electron chi connectivity index (χ2n) is 5.41. The second-order valence-corrected chi connectivity index (χ2v) is 5.41. The number of hydrogen-bond donors (Lipinski definition) is 2. The zero-order valence-electron chi connectivity index (χ0n) is 14.3. The van der Waals surface area contributed by atoms with E-state index in [1.807, 2.05) is 0 Å². The molecule has 0 unspecified atom stereocenters. The van der Waals surface area contributed by atoms with Crippen LogP contribution in [-0.2, 0) is 4.79 Å². The number of piperazine rings is 1. The minimum atomic E-state index is -0.0930. The van der Waals surface area contributed by atoms with Gasteiger partial charge in [0.2, 0.25) is 5.91 Å². The quantitative estimate of drug-likeness (QED) is 0.729. The molecule has 2 amide bonds. The van der Waals surface area contributed by atoms with Gasteiger partial charge in [-0.05, 0) is 24.3 Å². The SMILES string of the molecule is COc1ccc(C(=O)NCCN2CCN(C(=O)CN)CC2)cc1.Cl.Cl. The van der Waals surface area contributed by atoms with Crippen LogP contribution in [0.3, 0.4) is 0 Å². The fraction of sp³-hybridized carbons (Fsp3) is 0.500. The minimum absolute atomic E-state index is 0. The molecule has 3 N–H and O–H groups in total. The first-order chi connectivity index (χ1) is 11.1. The molecule has 0 atom stereocenters. The van der Waals surface area contributed by atoms with Gasteiger partial charge in [-0.25, -0.2) is 0 Å². The average Bonchev–Trinajstić information content (AvgIpc) is 2.61. The van der Waals surface area contributed by atoms with Crippen LogP contribution in [0.4, 0.5) is 0 Å². The molecule has 0 spiro atoms. The van der Waals surface area contributed by atoms with Crippen LogP contribution < -0.4 is 15.8 Å². The van der Waals surface area contributed by atoms with Crippen LogP contribution >= 0.6 is 24.8 Å². The van der Waals surface area contributed by atoms with Crippen molar-refractivity contribution in [1.29, 1.82) is 0 Å². The molecule has 1 aliphatic rings. The summed E-state index contributed by atoms with van der Waals surface area (Å²) in [6.45, 7) is 4.43. The van der Waals surface area contributed by atoms with E-state index in [1.165, 1.54) is 0 Å². The number of rotatable bonds is 6. The molecule has 25 heavy (non-hydrogen) atoms. The van der Waals surface area contributed by atoms with Crippen LogP contribution in [0.2, 0.25) is 0 Å². The zero-order chi connectivity index (χ0) is 16.7. The summed E-state index contributed by atoms with van der Waals surface area (Å²) in [7, 11) is 1.59. The van der Waals surface area contributed by atoms with Gasteiger partial charge in [-0.15, -0.1) is 24.8 Å². The predicted molar refractivity (Wildman–Crippen MR) is 102 cm³/mol. The van der Waals surface area contributed by atoms with Crippen molar-refractivity contribution in [2.45, 2.75) is 0 Å². The molecule has 1 aliphatic heterocycles. The number of nitrogens with one attached hydrogen (secondary N) is 1. The fourth-order valence-corrected chi connectivity index (χ4v) is 2.52. The van der Waals surface area contributed by atoms with Crippen LogP contribution in [0.25, 0.3) is 0 Å². The van der Waals surface area contributed by atoms with Crippen LogP contribution in [0.5, 0.6) is 5.75 Å². The Kier molecular flexibility index (Phi) is 11.2. The fourth-order valence-electron chi connectivity index (χ4n) is 2.52. The molecule has 1 saturated heterocycles. The van der Waals surface area contributed by atoms with Crippen molar-refractivity contribution >= 4 is 36.6 Å². The van der Waals surface area contributed by atoms with E-state index >= 15 is 0 Å². The summed E-state index contributed by atoms with van der Waals surface area (Å²) in [4.78, 5) is 27.5. The molecule has 1 aromatic rings. The third-order valence-corrected chi connectivity index (χ3v) is 3.97. The van der Waals surface area contributed by atoms with Gasteiger partial charge in [-0.1, -0.05) is 0 Å². The van der Waals surface area contributed by atoms with E-state index in [0.717, 1.165) is 25.4 Å². The number of ether oxygens (including phenoxy) is 1. The molecule has 142 valence electrons. The Hall–Kier alpha value is -1.54. The lowest BCUT2D eigenvalue weighted by Gasteiger charge is -2.34. The van der Waals surface area contributed by atoms with E-state index in [0.29, 0.717) is 25.2 Å². The Morgan fingerprint density at radius 1 is 1.12 bits per heavy atom. The smallest absolute Gasteiger partial charge is 0.251 e. The Morgan fingerprint density at radius 2 is 1.72 bits per heavy atom. The van der Waals surface area contributed by atoms with Crippen LogP contribution in [0, 0.1) is 0 Å². The highest BCUT2D eigenvalue weighted by atomic mass is 35.5. The Labute approximate surface area is 160 Å². The lowest BCUT2D eigenvalue weighted by molar-refractivity contribution is -0.131. The van der Waals surface area contributed by atoms with Crippen molar-refractivity contribution in [3.05, 3.63) is 29.8 Å². The van der Waals surface area contributed by atoms with E-state index in [2.05, 4.69) is 10.2 Å². The zero-order valence-corrected chi connectivity index (χ0v) is 15.9. The van der Waals surface area contributed by atoms with Crippen LogP contribution in [0.1, 0.15) is 10.4 Å². The van der Waals surface area contributed by atoms with Crippen molar-refractivity contribution in [2.75, 3.05) is 52.9 Å². The Morgan fingerprint density at radius 3 is 2.24 bits per heavy atom. The number of amides is 2. The van der Waals surface area contributed by atoms with Crippen LogP contribution in [0.15, 0.2) is 24.3 Å². The number of carbonyl (C=O) groups is 2. The van der Waals surface area contributed by atoms with Crippen molar-refractivity contribution in [3.63, 3.8) is 0 Å². The first-order valence-electron chi connectivity index (χ1n) is 7.76. The minimum Gasteiger partial charge on any atom is -0.497 e. The van der Waals surface area contributed by atoms with E-state index < -0.39 is 0 Å². The largest absolute Gasteiger partial charge is 0.497 e. The number of carbonyl (C=O) groups excluding carboxylic acids is 2. The van der Waals surface area contributed by atoms with Gasteiger partial charge >= 0.3 is 0 Å². The summed E-state index contributed by atoms with van der Waals surface area (Å²) >= 11 is 0. The van der Waals surface area contributed by atoms with E-state index in [1.54, 1.807) is 36.3 Å². The van der Waals surface area contributed by atoms with Gasteiger partial charge in [0.1, 0.15) is 5.75 Å². The summed E-state index contributed by atoms with van der Waals surface area (Å²) in [5.41, 5.74) is 5.98. The molecule has 7 nitrogen and oxygen atoms in total. The molecule has 1 fully saturated rings. The number of nitrogens with two attached hydrogens (primary N) is 1. The maximum atomic E-state index is 12.0. The number of halogens is 2. The molecule has 2 rings (SSSR count). The van der Waals surface area contributed by atoms with Gasteiger partial charge < -0.3 is 20.7 Å². The maximum absolute atomic E-state index is 12.0. The molecule has 1 heterocycles. The summed E-state index contributed by atoms with van der Waals surface area (Å²) in [5.74, 6) is 0.633. The molecule has 0 aromatic heterocycles. The standard InChI is InChI=1S/C16H24N4O3.2ClH/c1-23-14-4-2-13(3-5-14)16(22)18-6-7-19-8-10-20(11-9-19)15(21)12-17;;/h2-5H,6-12,17H2,1H3,(H,18,22);2*1H. The third-order valence-electron chi connectivity index (χ3n) is 3.97. The first kappa shape index (κ1) is 23.5. The van der Waals surface area contributed by atoms with Gasteiger partial charge in [-0.3, -0.25) is 14.5 Å². The Bertz CT molecular complexity index is 535. The number of benzene rings is 1. The van der Waals surface area contributed by atoms with Crippen molar-refractivity contribution in [1.82, 2.24) is 15.1 Å². The van der Waals surface area contributed by atoms with E-state index in [-0.39, 0.29) is 43.2 Å². The topological polar surface area (TPSA) is 87.9 Å². The summed E-state index contributed by atoms with van der Waals surface area (Å²) in [6, 6.07) is 7.02. The molecule has 9 heteroatoms. The monoisotopic (exact) mass is 392 g/mol. The average molecular weight is 393 g/mol. The lowest BCUT2D eigenvalue weighted by atomic mass is 10.2. The highest BCUT2D eigenvalue weighted by Crippen LogP contribution is 2.11. The molecule has 1 aromatic carbocycles. The second kappa shape index (κ2) is 11.9. The first-order valence-corrected chi connectivity index (χ1v) is 7.76. The predicted octanol–water partition coefficient (Wildman–Crippen LogP) is 0.372. The number of nitrogens with zero attached hydrogens (tertiary/aromatic N) is 2. The summed E-state index contributed by atoms with van der Waals surface area (Å²) in [5, 5.41) is 2.91. The maximum Gasteiger partial charge on any atom is 0.251 e.